The molecule has 504 valence electrons. The number of hydrogen-bond acceptors (Lipinski definition) is 6. The molecular weight excluding hydrogens is 1260 g/mol. The van der Waals surface area contributed by atoms with Gasteiger partial charge in [-0.15, -0.1) is 0 Å². The monoisotopic (exact) mass is 1390 g/mol. The van der Waals surface area contributed by atoms with Crippen LogP contribution in [0.1, 0.15) is 384 Å². The molecule has 0 aliphatic heterocycles. The average molecular weight is 1390 g/mol. The van der Waals surface area contributed by atoms with Crippen LogP contribution in [0.15, 0.2) is 70.5 Å². The van der Waals surface area contributed by atoms with Crippen molar-refractivity contribution in [1.82, 2.24) is 0 Å². The summed E-state index contributed by atoms with van der Waals surface area (Å²) < 4.78 is 73.4. The van der Waals surface area contributed by atoms with Gasteiger partial charge < -0.3 is 9.11 Å². The van der Waals surface area contributed by atoms with Gasteiger partial charge in [-0.25, -0.2) is 16.8 Å². The van der Waals surface area contributed by atoms with Gasteiger partial charge in [0, 0.05) is 0 Å². The van der Waals surface area contributed by atoms with Crippen LogP contribution in [0.25, 0.3) is 21.5 Å². The molecule has 0 heterocycles. The number of benzene rings is 4. The van der Waals surface area contributed by atoms with Crippen LogP contribution in [0.4, 0.5) is 0 Å². The molecule has 0 aromatic heterocycles. The van der Waals surface area contributed by atoms with E-state index in [4.69, 9.17) is 0 Å². The van der Waals surface area contributed by atoms with E-state index in [9.17, 15) is 25.9 Å². The molecule has 0 atom stereocenters. The molecule has 4 aromatic carbocycles. The third-order valence-corrected chi connectivity index (χ3v) is 20.6. The summed E-state index contributed by atoms with van der Waals surface area (Å²) in [7, 11) is -9.05. The van der Waals surface area contributed by atoms with E-state index in [0.29, 0.717) is 10.8 Å². The molecule has 0 aliphatic rings. The Kier molecular flexibility index (Phi) is 52.8. The average Bonchev–Trinajstić information content (AvgIpc) is 1.46. The van der Waals surface area contributed by atoms with Crippen LogP contribution >= 0.6 is 0 Å². The van der Waals surface area contributed by atoms with Crippen molar-refractivity contribution in [3.05, 3.63) is 82.9 Å². The summed E-state index contributed by atoms with van der Waals surface area (Å²) in [5, 5.41) is 2.95. The van der Waals surface area contributed by atoms with Gasteiger partial charge in [0.2, 0.25) is 0 Å². The Hall–Kier alpha value is -1.21. The van der Waals surface area contributed by atoms with Gasteiger partial charge in [-0.2, -0.15) is 0 Å². The summed E-state index contributed by atoms with van der Waals surface area (Å²) in [6.07, 6.45) is 72.3. The Labute approximate surface area is 591 Å². The zero-order chi connectivity index (χ0) is 63.4. The Bertz CT molecular complexity index is 2370. The Balaban J connectivity index is 0.000000600. The Morgan fingerprint density at radius 1 is 0.236 bits per heavy atom. The largest absolute Gasteiger partial charge is 2.00 e. The standard InChI is InChI=1S/2C40H68O3S.Ba/c2*1-3-5-7-9-11-13-15-17-19-21-23-25-27-29-36-31-32-38-33-37(35-40(39(38)34-36)44(41,42)43)30-28-26-24-22-20-18-16-14-12-10-8-6-4-2;/h2*31-35H,3-30H2,1-2H3,(H,41,42,43);/q;;+2/p-2. The van der Waals surface area contributed by atoms with Crippen molar-refractivity contribution in [1.29, 1.82) is 0 Å². The third-order valence-electron chi connectivity index (χ3n) is 18.9. The van der Waals surface area contributed by atoms with E-state index < -0.39 is 20.2 Å². The van der Waals surface area contributed by atoms with E-state index in [0.717, 1.165) is 97.2 Å². The predicted molar refractivity (Wildman–Crippen MR) is 387 cm³/mol. The molecule has 0 amide bonds. The van der Waals surface area contributed by atoms with Crippen LogP contribution in [0.3, 0.4) is 0 Å². The van der Waals surface area contributed by atoms with E-state index in [2.05, 4.69) is 52.0 Å². The van der Waals surface area contributed by atoms with Gasteiger partial charge in [-0.3, -0.25) is 0 Å². The molecule has 0 unspecified atom stereocenters. The molecular formula is C80H134BaO6S2. The van der Waals surface area contributed by atoms with Crippen molar-refractivity contribution in [2.24, 2.45) is 0 Å². The summed E-state index contributed by atoms with van der Waals surface area (Å²) in [6, 6.07) is 19.7. The molecule has 0 radical (unpaired) electrons. The fourth-order valence-electron chi connectivity index (χ4n) is 13.3. The molecule has 4 rings (SSSR count). The van der Waals surface area contributed by atoms with Crippen LogP contribution in [-0.2, 0) is 45.9 Å². The van der Waals surface area contributed by atoms with Crippen molar-refractivity contribution < 1.29 is 25.9 Å². The minimum Gasteiger partial charge on any atom is -0.744 e. The summed E-state index contributed by atoms with van der Waals surface area (Å²) in [6.45, 7) is 9.09. The second-order valence-corrected chi connectivity index (χ2v) is 29.9. The van der Waals surface area contributed by atoms with Crippen molar-refractivity contribution in [2.45, 2.75) is 397 Å². The molecule has 0 bridgehead atoms. The molecule has 0 N–H and O–H groups in total. The van der Waals surface area contributed by atoms with Crippen LogP contribution in [0.5, 0.6) is 0 Å². The van der Waals surface area contributed by atoms with Gasteiger partial charge in [-0.1, -0.05) is 372 Å². The Morgan fingerprint density at radius 3 is 0.607 bits per heavy atom. The summed E-state index contributed by atoms with van der Waals surface area (Å²) in [4.78, 5) is -0.0705. The van der Waals surface area contributed by atoms with Gasteiger partial charge in [0.1, 0.15) is 20.2 Å². The Morgan fingerprint density at radius 2 is 0.416 bits per heavy atom. The van der Waals surface area contributed by atoms with Crippen LogP contribution in [-0.4, -0.2) is 74.8 Å². The topological polar surface area (TPSA) is 114 Å². The van der Waals surface area contributed by atoms with E-state index in [1.807, 2.05) is 24.3 Å². The van der Waals surface area contributed by atoms with Gasteiger partial charge in [0.25, 0.3) is 0 Å². The van der Waals surface area contributed by atoms with E-state index in [-0.39, 0.29) is 58.7 Å². The van der Waals surface area contributed by atoms with Crippen LogP contribution in [0.2, 0.25) is 0 Å². The third kappa shape index (κ3) is 42.8. The molecule has 0 saturated carbocycles. The summed E-state index contributed by atoms with van der Waals surface area (Å²) in [5.74, 6) is 0. The fraction of sp³-hybridized carbons (Fsp3) is 0.750. The smallest absolute Gasteiger partial charge is 0.744 e. The first-order valence-corrected chi connectivity index (χ1v) is 40.8. The molecule has 9 heteroatoms. The van der Waals surface area contributed by atoms with Crippen molar-refractivity contribution in [3.8, 4) is 0 Å². The first kappa shape index (κ1) is 83.9. The molecule has 0 saturated heterocycles. The number of rotatable bonds is 58. The van der Waals surface area contributed by atoms with Gasteiger partial charge in [0.15, 0.2) is 0 Å². The minimum atomic E-state index is -4.52. The van der Waals surface area contributed by atoms with Crippen molar-refractivity contribution in [2.75, 3.05) is 0 Å². The molecule has 0 spiro atoms. The number of fused-ring (bicyclic) bond motifs is 2. The minimum absolute atomic E-state index is 0. The molecule has 4 aromatic rings. The maximum absolute atomic E-state index is 12.2. The molecule has 6 nitrogen and oxygen atoms in total. The maximum atomic E-state index is 12.2. The van der Waals surface area contributed by atoms with E-state index in [1.54, 1.807) is 12.1 Å². The zero-order valence-electron chi connectivity index (χ0n) is 58.3. The molecule has 89 heavy (non-hydrogen) atoms. The normalized spacial score (nSPS) is 11.8. The fourth-order valence-corrected chi connectivity index (χ4v) is 14.7. The quantitative estimate of drug-likeness (QED) is 0.0247. The number of hydrogen-bond donors (Lipinski definition) is 0. The first-order valence-electron chi connectivity index (χ1n) is 37.9. The van der Waals surface area contributed by atoms with Gasteiger partial charge in [0.05, 0.1) is 9.79 Å². The predicted octanol–water partition coefficient (Wildman–Crippen LogP) is 25.6. The van der Waals surface area contributed by atoms with Crippen LogP contribution < -0.4 is 0 Å². The summed E-state index contributed by atoms with van der Waals surface area (Å²) >= 11 is 0. The number of aryl methyl sites for hydroxylation is 4. The second-order valence-electron chi connectivity index (χ2n) is 27.2. The summed E-state index contributed by atoms with van der Waals surface area (Å²) in [5.41, 5.74) is 4.21. The van der Waals surface area contributed by atoms with Crippen LogP contribution in [0, 0.1) is 0 Å². The van der Waals surface area contributed by atoms with Crippen molar-refractivity contribution >= 4 is 90.7 Å². The zero-order valence-corrected chi connectivity index (χ0v) is 64.4. The van der Waals surface area contributed by atoms with Gasteiger partial charge >= 0.3 is 48.9 Å². The second kappa shape index (κ2) is 56.0. The first-order chi connectivity index (χ1) is 42.9. The van der Waals surface area contributed by atoms with Crippen molar-refractivity contribution in [3.63, 3.8) is 0 Å². The van der Waals surface area contributed by atoms with E-state index >= 15 is 0 Å². The van der Waals surface area contributed by atoms with Gasteiger partial charge in [-0.05, 0) is 119 Å². The van der Waals surface area contributed by atoms with E-state index in [1.165, 1.54) is 295 Å². The number of unbranched alkanes of at least 4 members (excludes halogenated alkanes) is 48. The molecule has 0 aliphatic carbocycles. The SMILES string of the molecule is CCCCCCCCCCCCCCCc1cc(S(=O)(=O)[O-])c2cc(CCCCCCCCCCCCCCC)ccc2c1.CCCCCCCCCCCCCCCc1cc(S(=O)(=O)[O-])c2cc(CCCCCCCCCCCCCCC)ccc2c1.[Ba+2]. The maximum Gasteiger partial charge on any atom is 2.00 e. The molecule has 0 fully saturated rings.